The third kappa shape index (κ3) is 7.60. The average Bonchev–Trinajstić information content (AvgIpc) is 3.38. The van der Waals surface area contributed by atoms with Gasteiger partial charge < -0.3 is 24.7 Å². The number of rotatable bonds is 9. The number of aryl methyl sites for hydroxylation is 1. The van der Waals surface area contributed by atoms with Crippen LogP contribution in [0.5, 0.6) is 5.75 Å². The summed E-state index contributed by atoms with van der Waals surface area (Å²) < 4.78 is 27.4. The van der Waals surface area contributed by atoms with Crippen molar-refractivity contribution in [2.75, 3.05) is 19.7 Å². The molecule has 0 saturated carbocycles. The summed E-state index contributed by atoms with van der Waals surface area (Å²) in [5, 5.41) is 14.9. The zero-order valence-electron chi connectivity index (χ0n) is 18.3. The van der Waals surface area contributed by atoms with Crippen LogP contribution in [-0.2, 0) is 18.3 Å². The number of hydrogen-bond donors (Lipinski definition) is 2. The molecule has 1 aromatic heterocycles. The van der Waals surface area contributed by atoms with Gasteiger partial charge in [0.1, 0.15) is 18.5 Å². The lowest BCUT2D eigenvalue weighted by molar-refractivity contribution is 0.113. The van der Waals surface area contributed by atoms with Crippen molar-refractivity contribution >= 4 is 29.9 Å². The van der Waals surface area contributed by atoms with Gasteiger partial charge in [0.25, 0.3) is 0 Å². The number of aliphatic imine (C=N–C) groups is 1. The lowest BCUT2D eigenvalue weighted by atomic mass is 10.2. The highest BCUT2D eigenvalue weighted by molar-refractivity contribution is 14.0. The maximum absolute atomic E-state index is 13.9. The standard InChI is InChI=1S/C21H31FN6O2.HI/c1-4-16(30-19-10-6-5-9-18(19)22)12-23-21(24-13-17-8-7-11-29-17)25-14-20-27-26-15(2)28(20)3;/h5-6,9-10,16-17H,4,7-8,11-14H2,1-3H3,(H2,23,24,25);1H. The molecule has 2 heterocycles. The van der Waals surface area contributed by atoms with E-state index in [-0.39, 0.29) is 47.8 Å². The van der Waals surface area contributed by atoms with E-state index in [2.05, 4.69) is 25.8 Å². The third-order valence-electron chi connectivity index (χ3n) is 5.17. The third-order valence-corrected chi connectivity index (χ3v) is 5.17. The van der Waals surface area contributed by atoms with Crippen LogP contribution in [0.3, 0.4) is 0 Å². The molecule has 8 nitrogen and oxygen atoms in total. The van der Waals surface area contributed by atoms with Gasteiger partial charge in [-0.05, 0) is 38.3 Å². The normalized spacial score (nSPS) is 17.2. The van der Waals surface area contributed by atoms with Gasteiger partial charge in [-0.2, -0.15) is 0 Å². The van der Waals surface area contributed by atoms with Gasteiger partial charge in [0.15, 0.2) is 23.4 Å². The lowest BCUT2D eigenvalue weighted by Crippen LogP contribution is -2.44. The first-order valence-corrected chi connectivity index (χ1v) is 10.5. The molecule has 1 aromatic carbocycles. The summed E-state index contributed by atoms with van der Waals surface area (Å²) >= 11 is 0. The van der Waals surface area contributed by atoms with E-state index in [0.29, 0.717) is 25.6 Å². The second-order valence-electron chi connectivity index (χ2n) is 7.36. The molecule has 1 aliphatic heterocycles. The summed E-state index contributed by atoms with van der Waals surface area (Å²) in [6, 6.07) is 6.44. The molecule has 1 saturated heterocycles. The Kier molecular flexibility index (Phi) is 10.4. The molecule has 0 aliphatic carbocycles. The maximum Gasteiger partial charge on any atom is 0.191 e. The van der Waals surface area contributed by atoms with Crippen LogP contribution in [0.1, 0.15) is 37.8 Å². The van der Waals surface area contributed by atoms with Crippen LogP contribution < -0.4 is 15.4 Å². The fourth-order valence-electron chi connectivity index (χ4n) is 3.13. The predicted molar refractivity (Wildman–Crippen MR) is 128 cm³/mol. The van der Waals surface area contributed by atoms with Crippen LogP contribution in [0.25, 0.3) is 0 Å². The van der Waals surface area contributed by atoms with Crippen LogP contribution in [0.2, 0.25) is 0 Å². The molecule has 2 aromatic rings. The molecule has 0 radical (unpaired) electrons. The number of benzene rings is 1. The Labute approximate surface area is 200 Å². The number of nitrogens with one attached hydrogen (secondary N) is 2. The molecule has 0 amide bonds. The molecule has 0 bridgehead atoms. The lowest BCUT2D eigenvalue weighted by Gasteiger charge is -2.21. The van der Waals surface area contributed by atoms with Crippen LogP contribution in [0.15, 0.2) is 29.3 Å². The van der Waals surface area contributed by atoms with Crippen LogP contribution in [-0.4, -0.2) is 52.6 Å². The van der Waals surface area contributed by atoms with Gasteiger partial charge in [0.05, 0.1) is 12.6 Å². The molecule has 1 aliphatic rings. The Bertz CT molecular complexity index is 841. The number of hydrogen-bond acceptors (Lipinski definition) is 5. The van der Waals surface area contributed by atoms with Gasteiger partial charge in [0.2, 0.25) is 0 Å². The zero-order chi connectivity index (χ0) is 21.3. The molecule has 31 heavy (non-hydrogen) atoms. The average molecular weight is 546 g/mol. The Morgan fingerprint density at radius 1 is 1.35 bits per heavy atom. The van der Waals surface area contributed by atoms with E-state index in [1.165, 1.54) is 6.07 Å². The second-order valence-corrected chi connectivity index (χ2v) is 7.36. The minimum atomic E-state index is -0.362. The minimum absolute atomic E-state index is 0. The molecule has 3 rings (SSSR count). The number of guanidine groups is 1. The second kappa shape index (κ2) is 12.8. The van der Waals surface area contributed by atoms with Crippen LogP contribution >= 0.6 is 24.0 Å². The summed E-state index contributed by atoms with van der Waals surface area (Å²) in [5.41, 5.74) is 0. The molecule has 1 fully saturated rings. The number of para-hydroxylation sites is 1. The Morgan fingerprint density at radius 2 is 2.16 bits per heavy atom. The summed E-state index contributed by atoms with van der Waals surface area (Å²) in [6.45, 7) is 6.27. The van der Waals surface area contributed by atoms with E-state index < -0.39 is 0 Å². The number of ether oxygens (including phenoxy) is 2. The van der Waals surface area contributed by atoms with E-state index >= 15 is 0 Å². The predicted octanol–water partition coefficient (Wildman–Crippen LogP) is 2.95. The van der Waals surface area contributed by atoms with Gasteiger partial charge in [0, 0.05) is 20.2 Å². The van der Waals surface area contributed by atoms with Crippen molar-refractivity contribution in [1.82, 2.24) is 25.4 Å². The van der Waals surface area contributed by atoms with Crippen molar-refractivity contribution in [2.45, 2.75) is 51.9 Å². The minimum Gasteiger partial charge on any atom is -0.486 e. The summed E-state index contributed by atoms with van der Waals surface area (Å²) in [4.78, 5) is 4.65. The van der Waals surface area contributed by atoms with Gasteiger partial charge >= 0.3 is 0 Å². The van der Waals surface area contributed by atoms with E-state index in [9.17, 15) is 4.39 Å². The molecule has 172 valence electrons. The molecule has 2 unspecified atom stereocenters. The summed E-state index contributed by atoms with van der Waals surface area (Å²) in [7, 11) is 1.92. The van der Waals surface area contributed by atoms with Crippen molar-refractivity contribution in [3.63, 3.8) is 0 Å². The van der Waals surface area contributed by atoms with Gasteiger partial charge in [-0.15, -0.1) is 34.2 Å². The first-order valence-electron chi connectivity index (χ1n) is 10.5. The van der Waals surface area contributed by atoms with E-state index in [0.717, 1.165) is 37.5 Å². The van der Waals surface area contributed by atoms with Crippen molar-refractivity contribution in [3.8, 4) is 5.75 Å². The Balaban J connectivity index is 0.00000341. The number of halogens is 2. The Hall–Kier alpha value is -1.95. The molecule has 2 N–H and O–H groups in total. The fraction of sp³-hybridized carbons (Fsp3) is 0.571. The van der Waals surface area contributed by atoms with Crippen molar-refractivity contribution < 1.29 is 13.9 Å². The number of aromatic nitrogens is 3. The monoisotopic (exact) mass is 546 g/mol. The molecule has 2 atom stereocenters. The largest absolute Gasteiger partial charge is 0.486 e. The topological polar surface area (TPSA) is 85.6 Å². The SMILES string of the molecule is CCC(CNC(=NCc1nnc(C)n1C)NCC1CCCO1)Oc1ccccc1F.I. The van der Waals surface area contributed by atoms with E-state index in [1.54, 1.807) is 18.2 Å². The summed E-state index contributed by atoms with van der Waals surface area (Å²) in [6.07, 6.45) is 2.83. The smallest absolute Gasteiger partial charge is 0.191 e. The molecular formula is C21H32FIN6O2. The van der Waals surface area contributed by atoms with Crippen LogP contribution in [0.4, 0.5) is 4.39 Å². The van der Waals surface area contributed by atoms with Crippen molar-refractivity contribution in [1.29, 1.82) is 0 Å². The first kappa shape index (κ1) is 25.3. The van der Waals surface area contributed by atoms with E-state index in [1.807, 2.05) is 25.5 Å². The maximum atomic E-state index is 13.9. The summed E-state index contributed by atoms with van der Waals surface area (Å²) in [5.74, 6) is 2.15. The van der Waals surface area contributed by atoms with Crippen molar-refractivity contribution in [2.24, 2.45) is 12.0 Å². The zero-order valence-corrected chi connectivity index (χ0v) is 20.6. The Morgan fingerprint density at radius 3 is 2.81 bits per heavy atom. The highest BCUT2D eigenvalue weighted by Crippen LogP contribution is 2.17. The molecule has 10 heteroatoms. The van der Waals surface area contributed by atoms with Gasteiger partial charge in [-0.3, -0.25) is 0 Å². The number of nitrogens with zero attached hydrogens (tertiary/aromatic N) is 4. The van der Waals surface area contributed by atoms with Crippen LogP contribution in [0, 0.1) is 12.7 Å². The van der Waals surface area contributed by atoms with E-state index in [4.69, 9.17) is 9.47 Å². The highest BCUT2D eigenvalue weighted by Gasteiger charge is 2.17. The quantitative estimate of drug-likeness (QED) is 0.286. The molecule has 0 spiro atoms. The molecular weight excluding hydrogens is 514 g/mol. The fourth-order valence-corrected chi connectivity index (χ4v) is 3.13. The van der Waals surface area contributed by atoms with Gasteiger partial charge in [-0.25, -0.2) is 9.38 Å². The van der Waals surface area contributed by atoms with Gasteiger partial charge in [-0.1, -0.05) is 19.1 Å². The van der Waals surface area contributed by atoms with Crippen molar-refractivity contribution in [3.05, 3.63) is 41.7 Å². The first-order chi connectivity index (χ1) is 14.6. The highest BCUT2D eigenvalue weighted by atomic mass is 127.